The fraction of sp³-hybridized carbons (Fsp3) is 0.333. The summed E-state index contributed by atoms with van der Waals surface area (Å²) in [6, 6.07) is 3.19. The Morgan fingerprint density at radius 3 is 2.65 bits per heavy atom. The summed E-state index contributed by atoms with van der Waals surface area (Å²) in [7, 11) is 0. The van der Waals surface area contributed by atoms with Crippen LogP contribution >= 0.6 is 11.6 Å². The third-order valence-corrected chi connectivity index (χ3v) is 2.37. The molecule has 0 aliphatic carbocycles. The smallest absolute Gasteiger partial charge is 0.383 e. The van der Waals surface area contributed by atoms with Crippen molar-refractivity contribution in [2.24, 2.45) is 0 Å². The van der Waals surface area contributed by atoms with Gasteiger partial charge in [0.1, 0.15) is 0 Å². The number of rotatable bonds is 3. The largest absolute Gasteiger partial charge is 0.416 e. The molecule has 0 radical (unpaired) electrons. The van der Waals surface area contributed by atoms with E-state index in [1.54, 1.807) is 6.92 Å². The molecular weight excluding hydrogens is 251 g/mol. The Morgan fingerprint density at radius 2 is 2.06 bits per heavy atom. The van der Waals surface area contributed by atoms with Gasteiger partial charge in [-0.3, -0.25) is 0 Å². The van der Waals surface area contributed by atoms with Crippen molar-refractivity contribution in [3.63, 3.8) is 0 Å². The van der Waals surface area contributed by atoms with E-state index < -0.39 is 11.7 Å². The zero-order chi connectivity index (χ0) is 12.9. The van der Waals surface area contributed by atoms with Gasteiger partial charge in [0, 0.05) is 13.0 Å². The third kappa shape index (κ3) is 4.20. The summed E-state index contributed by atoms with van der Waals surface area (Å²) in [6.07, 6.45) is -3.80. The fourth-order valence-corrected chi connectivity index (χ4v) is 1.41. The Balaban J connectivity index is 2.79. The second-order valence-corrected chi connectivity index (χ2v) is 3.70. The van der Waals surface area contributed by atoms with Crippen molar-refractivity contribution in [3.05, 3.63) is 28.8 Å². The molecule has 0 saturated heterocycles. The maximum atomic E-state index is 12.4. The van der Waals surface area contributed by atoms with Gasteiger partial charge in [0.15, 0.2) is 0 Å². The first-order valence-corrected chi connectivity index (χ1v) is 5.33. The molecule has 1 N–H and O–H groups in total. The van der Waals surface area contributed by atoms with Gasteiger partial charge < -0.3 is 5.32 Å². The van der Waals surface area contributed by atoms with Gasteiger partial charge >= 0.3 is 6.18 Å². The number of hydrogen-bond donors (Lipinski definition) is 1. The maximum Gasteiger partial charge on any atom is 0.416 e. The van der Waals surface area contributed by atoms with Crippen LogP contribution in [-0.2, 0) is 6.18 Å². The van der Waals surface area contributed by atoms with Crippen molar-refractivity contribution in [2.45, 2.75) is 19.5 Å². The lowest BCUT2D eigenvalue weighted by molar-refractivity contribution is -0.137. The van der Waals surface area contributed by atoms with E-state index in [0.717, 1.165) is 12.1 Å². The highest BCUT2D eigenvalue weighted by atomic mass is 35.5. The summed E-state index contributed by atoms with van der Waals surface area (Å²) in [5, 5.41) is 3.09. The number of nitrogens with one attached hydrogen (secondary N) is 1. The molecule has 5 heteroatoms. The Hall–Kier alpha value is -1.34. The minimum absolute atomic E-state index is 0.266. The summed E-state index contributed by atoms with van der Waals surface area (Å²) in [5.74, 6) is 5.51. The zero-order valence-electron chi connectivity index (χ0n) is 9.16. The van der Waals surface area contributed by atoms with Crippen molar-refractivity contribution in [3.8, 4) is 11.8 Å². The summed E-state index contributed by atoms with van der Waals surface area (Å²) >= 11 is 5.79. The van der Waals surface area contributed by atoms with E-state index in [9.17, 15) is 13.2 Å². The molecule has 0 fully saturated rings. The molecule has 0 aromatic heterocycles. The predicted octanol–water partition coefficient (Wildman–Crippen LogP) is 4.18. The molecule has 1 aromatic rings. The van der Waals surface area contributed by atoms with E-state index in [2.05, 4.69) is 17.2 Å². The van der Waals surface area contributed by atoms with Crippen LogP contribution in [0, 0.1) is 11.8 Å². The highest BCUT2D eigenvalue weighted by molar-refractivity contribution is 6.33. The molecule has 0 atom stereocenters. The van der Waals surface area contributed by atoms with Gasteiger partial charge in [-0.2, -0.15) is 13.2 Å². The zero-order valence-corrected chi connectivity index (χ0v) is 9.91. The summed E-state index contributed by atoms with van der Waals surface area (Å²) < 4.78 is 37.3. The summed E-state index contributed by atoms with van der Waals surface area (Å²) in [5.41, 5.74) is -0.439. The summed E-state index contributed by atoms with van der Waals surface area (Å²) in [6.45, 7) is 2.17. The lowest BCUT2D eigenvalue weighted by Crippen LogP contribution is -2.07. The molecule has 1 aromatic carbocycles. The molecule has 0 amide bonds. The number of hydrogen-bond acceptors (Lipinski definition) is 1. The monoisotopic (exact) mass is 261 g/mol. The van der Waals surface area contributed by atoms with Crippen molar-refractivity contribution >= 4 is 17.3 Å². The van der Waals surface area contributed by atoms with Crippen LogP contribution in [-0.4, -0.2) is 6.54 Å². The predicted molar refractivity (Wildman–Crippen MR) is 63.0 cm³/mol. The highest BCUT2D eigenvalue weighted by Gasteiger charge is 2.30. The lowest BCUT2D eigenvalue weighted by atomic mass is 10.2. The Kier molecular flexibility index (Phi) is 4.71. The molecule has 0 heterocycles. The third-order valence-electron chi connectivity index (χ3n) is 2.04. The van der Waals surface area contributed by atoms with Gasteiger partial charge in [0.25, 0.3) is 0 Å². The van der Waals surface area contributed by atoms with Crippen molar-refractivity contribution in [1.29, 1.82) is 0 Å². The van der Waals surface area contributed by atoms with Crippen molar-refractivity contribution in [1.82, 2.24) is 0 Å². The van der Waals surface area contributed by atoms with Gasteiger partial charge in [-0.1, -0.05) is 11.6 Å². The maximum absolute atomic E-state index is 12.4. The molecule has 17 heavy (non-hydrogen) atoms. The van der Waals surface area contributed by atoms with Gasteiger partial charge in [0.2, 0.25) is 0 Å². The van der Waals surface area contributed by atoms with E-state index in [1.807, 2.05) is 0 Å². The Bertz CT molecular complexity index is 443. The number of halogens is 4. The standard InChI is InChI=1S/C12H11ClF3N/c1-2-3-4-7-17-11-8-9(12(14,15)16)5-6-10(11)13/h5-6,8,17H,4,7H2,1H3. The molecule has 0 aliphatic heterocycles. The van der Waals surface area contributed by atoms with Crippen LogP contribution in [0.4, 0.5) is 18.9 Å². The van der Waals surface area contributed by atoms with E-state index >= 15 is 0 Å². The van der Waals surface area contributed by atoms with Gasteiger partial charge in [-0.25, -0.2) is 0 Å². The van der Waals surface area contributed by atoms with Crippen LogP contribution in [0.15, 0.2) is 18.2 Å². The average molecular weight is 262 g/mol. The quantitative estimate of drug-likeness (QED) is 0.636. The second kappa shape index (κ2) is 5.83. The minimum Gasteiger partial charge on any atom is -0.383 e. The average Bonchev–Trinajstić information content (AvgIpc) is 2.25. The fourth-order valence-electron chi connectivity index (χ4n) is 1.22. The molecule has 0 unspecified atom stereocenters. The first kappa shape index (κ1) is 13.7. The summed E-state index contributed by atoms with van der Waals surface area (Å²) in [4.78, 5) is 0. The molecule has 0 spiro atoms. The second-order valence-electron chi connectivity index (χ2n) is 3.30. The lowest BCUT2D eigenvalue weighted by Gasteiger charge is -2.11. The molecule has 1 nitrogen and oxygen atoms in total. The van der Waals surface area contributed by atoms with Gasteiger partial charge in [-0.05, 0) is 25.1 Å². The Morgan fingerprint density at radius 1 is 1.35 bits per heavy atom. The molecule has 1 rings (SSSR count). The van der Waals surface area contributed by atoms with Gasteiger partial charge in [0.05, 0.1) is 16.3 Å². The van der Waals surface area contributed by atoms with E-state index in [1.165, 1.54) is 6.07 Å². The normalized spacial score (nSPS) is 10.6. The molecule has 0 aliphatic rings. The van der Waals surface area contributed by atoms with Crippen LogP contribution in [0.1, 0.15) is 18.9 Å². The van der Waals surface area contributed by atoms with Gasteiger partial charge in [-0.15, -0.1) is 11.8 Å². The number of alkyl halides is 3. The van der Waals surface area contributed by atoms with E-state index in [4.69, 9.17) is 11.6 Å². The molecule has 92 valence electrons. The van der Waals surface area contributed by atoms with Crippen molar-refractivity contribution < 1.29 is 13.2 Å². The number of benzene rings is 1. The SMILES string of the molecule is CC#CCCNc1cc(C(F)(F)F)ccc1Cl. The van der Waals surface area contributed by atoms with E-state index in [0.29, 0.717) is 13.0 Å². The first-order valence-electron chi connectivity index (χ1n) is 4.95. The molecule has 0 bridgehead atoms. The van der Waals surface area contributed by atoms with Crippen LogP contribution in [0.3, 0.4) is 0 Å². The molecular formula is C12H11ClF3N. The minimum atomic E-state index is -4.36. The number of anilines is 1. The van der Waals surface area contributed by atoms with E-state index in [-0.39, 0.29) is 10.7 Å². The van der Waals surface area contributed by atoms with Crippen LogP contribution < -0.4 is 5.32 Å². The van der Waals surface area contributed by atoms with Crippen LogP contribution in [0.25, 0.3) is 0 Å². The highest BCUT2D eigenvalue weighted by Crippen LogP contribution is 2.33. The first-order chi connectivity index (χ1) is 7.95. The van der Waals surface area contributed by atoms with Crippen LogP contribution in [0.2, 0.25) is 5.02 Å². The van der Waals surface area contributed by atoms with Crippen LogP contribution in [0.5, 0.6) is 0 Å². The van der Waals surface area contributed by atoms with Crippen molar-refractivity contribution in [2.75, 3.05) is 11.9 Å². The molecule has 0 saturated carbocycles. The Labute approximate surface area is 103 Å². The topological polar surface area (TPSA) is 12.0 Å².